The highest BCUT2D eigenvalue weighted by molar-refractivity contribution is 7.90. The molecule has 0 aromatic heterocycles. The largest absolute Gasteiger partial charge is 0.396 e. The lowest BCUT2D eigenvalue weighted by molar-refractivity contribution is -0.254. The number of carbonyl (C=O) groups excluding carboxylic acids is 1. The van der Waals surface area contributed by atoms with E-state index in [4.69, 9.17) is 10.2 Å². The average Bonchev–Trinajstić information content (AvgIpc) is 0.794. The summed E-state index contributed by atoms with van der Waals surface area (Å²) in [5.74, 6) is 4.19. The highest BCUT2D eigenvalue weighted by atomic mass is 32.2. The minimum Gasteiger partial charge on any atom is -0.396 e. The van der Waals surface area contributed by atoms with Gasteiger partial charge < -0.3 is 35.4 Å². The summed E-state index contributed by atoms with van der Waals surface area (Å²) in [6, 6.07) is 0. The fourth-order valence-corrected chi connectivity index (χ4v) is 12.8. The lowest BCUT2D eigenvalue weighted by atomic mass is 9.71. The number of sulfone groups is 1. The van der Waals surface area contributed by atoms with Crippen LogP contribution in [0.3, 0.4) is 0 Å². The van der Waals surface area contributed by atoms with Crippen LogP contribution in [-0.2, 0) is 14.6 Å². The molecule has 9 atom stereocenters. The van der Waals surface area contributed by atoms with Crippen molar-refractivity contribution in [3.8, 4) is 0 Å². The van der Waals surface area contributed by atoms with Crippen LogP contribution in [0.5, 0.6) is 0 Å². The van der Waals surface area contributed by atoms with Gasteiger partial charge in [-0.2, -0.15) is 13.2 Å². The van der Waals surface area contributed by atoms with Crippen molar-refractivity contribution in [2.24, 2.45) is 90.7 Å². The quantitative estimate of drug-likeness (QED) is 0.0325. The van der Waals surface area contributed by atoms with Gasteiger partial charge in [-0.3, -0.25) is 0 Å². The van der Waals surface area contributed by atoms with E-state index in [0.29, 0.717) is 97.6 Å². The smallest absolute Gasteiger partial charge is 0.396 e. The Morgan fingerprint density at radius 2 is 0.663 bits per heavy atom. The van der Waals surface area contributed by atoms with Crippen molar-refractivity contribution in [2.45, 2.75) is 428 Å². The number of carbonyl (C=O) groups is 1. The molecular formula is C88H189F3O9S. The van der Waals surface area contributed by atoms with Crippen molar-refractivity contribution in [2.75, 3.05) is 45.0 Å². The number of aliphatic hydroxyl groups excluding tert-OH is 6. The zero-order valence-corrected chi connectivity index (χ0v) is 74.5. The van der Waals surface area contributed by atoms with Gasteiger partial charge in [0.2, 0.25) is 0 Å². The molecule has 9 unspecified atom stereocenters. The number of hydrogen-bond acceptors (Lipinski definition) is 9. The molecule has 0 aliphatic rings. The summed E-state index contributed by atoms with van der Waals surface area (Å²) in [7, 11) is -2.82. The SMILES string of the molecule is C.CCCC(C)(CO)C(C)C.CCCCC(C)(C(C)C)C(C)O.CCCCC(C)(CCC(C)=O)C(C)C.CCCCC(C)(CCS(C)(=O)=O)C(C)C.CCCCC(C)(CO)C(C)C.CCCCC(CC)(CO)C(C)C.CCCCC(CO)(C(C)C)C(F)(F)F.CCCCCC(C)(CO)C(C)C. The van der Waals surface area contributed by atoms with E-state index >= 15 is 0 Å². The molecule has 0 amide bonds. The van der Waals surface area contributed by atoms with Crippen LogP contribution >= 0.6 is 0 Å². The Balaban J connectivity index is -0.000000137. The normalized spacial score (nSPS) is 16.8. The second kappa shape index (κ2) is 63.0. The lowest BCUT2D eigenvalue weighted by Crippen LogP contribution is -2.45. The van der Waals surface area contributed by atoms with E-state index in [1.807, 2.05) is 13.8 Å². The molecule has 0 aromatic rings. The minimum atomic E-state index is -4.31. The van der Waals surface area contributed by atoms with E-state index in [2.05, 4.69) is 194 Å². The maximum atomic E-state index is 12.8. The molecule has 0 fully saturated rings. The predicted molar refractivity (Wildman–Crippen MR) is 443 cm³/mol. The Hall–Kier alpha value is -0.830. The molecule has 0 radical (unpaired) electrons. The van der Waals surface area contributed by atoms with Crippen molar-refractivity contribution >= 4 is 15.6 Å². The molecule has 0 spiro atoms. The molecule has 101 heavy (non-hydrogen) atoms. The van der Waals surface area contributed by atoms with Gasteiger partial charge in [0, 0.05) is 39.1 Å². The lowest BCUT2D eigenvalue weighted by Gasteiger charge is -2.37. The maximum Gasteiger partial charge on any atom is 0.396 e. The second-order valence-electron chi connectivity index (χ2n) is 35.3. The summed E-state index contributed by atoms with van der Waals surface area (Å²) in [4.78, 5) is 11.0. The third-order valence-corrected chi connectivity index (χ3v) is 26.1. The number of aliphatic hydroxyl groups is 6. The number of unbranched alkanes of at least 4 members (excludes halogenated alkanes) is 8. The van der Waals surface area contributed by atoms with Gasteiger partial charge in [0.15, 0.2) is 0 Å². The highest BCUT2D eigenvalue weighted by Gasteiger charge is 2.55. The molecule has 6 N–H and O–H groups in total. The Kier molecular flexibility index (Phi) is 73.9. The zero-order valence-electron chi connectivity index (χ0n) is 73.7. The van der Waals surface area contributed by atoms with Crippen molar-refractivity contribution in [3.05, 3.63) is 0 Å². The van der Waals surface area contributed by atoms with Crippen LogP contribution in [-0.4, -0.2) is 102 Å². The van der Waals surface area contributed by atoms with Gasteiger partial charge in [0.05, 0.1) is 23.9 Å². The van der Waals surface area contributed by atoms with Crippen LogP contribution in [0.1, 0.15) is 416 Å². The van der Waals surface area contributed by atoms with Crippen molar-refractivity contribution in [1.29, 1.82) is 0 Å². The molecule has 0 saturated carbocycles. The molecular weight excluding hydrogens is 1290 g/mol. The average molecular weight is 1480 g/mol. The van der Waals surface area contributed by atoms with Gasteiger partial charge in [-0.1, -0.05) is 325 Å². The minimum absolute atomic E-state index is 0. The number of ketones is 1. The third kappa shape index (κ3) is 52.8. The molecule has 0 saturated heterocycles. The molecule has 0 aliphatic carbocycles. The first-order valence-electron chi connectivity index (χ1n) is 41.2. The Morgan fingerprint density at radius 3 is 0.891 bits per heavy atom. The van der Waals surface area contributed by atoms with E-state index < -0.39 is 34.0 Å². The van der Waals surface area contributed by atoms with Gasteiger partial charge in [0.25, 0.3) is 0 Å². The van der Waals surface area contributed by atoms with E-state index in [1.165, 1.54) is 116 Å². The number of hydrogen-bond donors (Lipinski definition) is 6. The second-order valence-corrected chi connectivity index (χ2v) is 37.5. The molecule has 9 nitrogen and oxygen atoms in total. The Labute approximate surface area is 633 Å². The van der Waals surface area contributed by atoms with Crippen molar-refractivity contribution < 1.29 is 57.0 Å². The van der Waals surface area contributed by atoms with Crippen LogP contribution in [0.15, 0.2) is 0 Å². The van der Waals surface area contributed by atoms with Crippen LogP contribution in [0.2, 0.25) is 0 Å². The first kappa shape index (κ1) is 119. The maximum absolute atomic E-state index is 12.8. The van der Waals surface area contributed by atoms with Crippen LogP contribution in [0.4, 0.5) is 13.2 Å². The van der Waals surface area contributed by atoms with Gasteiger partial charge in [-0.05, 0) is 170 Å². The molecule has 0 aliphatic heterocycles. The Bertz CT molecular complexity index is 1910. The summed E-state index contributed by atoms with van der Waals surface area (Å²) >= 11 is 0. The molecule has 0 bridgehead atoms. The number of alkyl halides is 3. The van der Waals surface area contributed by atoms with Gasteiger partial charge in [-0.25, -0.2) is 8.42 Å². The van der Waals surface area contributed by atoms with Crippen molar-refractivity contribution in [1.82, 2.24) is 0 Å². The molecule has 622 valence electrons. The monoisotopic (exact) mass is 1480 g/mol. The van der Waals surface area contributed by atoms with E-state index in [1.54, 1.807) is 6.92 Å². The van der Waals surface area contributed by atoms with Gasteiger partial charge in [-0.15, -0.1) is 0 Å². The fourth-order valence-electron chi connectivity index (χ4n) is 11.9. The third-order valence-electron chi connectivity index (χ3n) is 25.2. The number of Topliss-reactive ketones (excluding diaryl/α,β-unsaturated/α-hetero) is 1. The predicted octanol–water partition coefficient (Wildman–Crippen LogP) is 26.4. The fraction of sp³-hybridized carbons (Fsp3) is 0.989. The molecule has 13 heteroatoms. The summed E-state index contributed by atoms with van der Waals surface area (Å²) in [6.45, 7) is 70.7. The molecule has 0 aromatic carbocycles. The zero-order chi connectivity index (χ0) is 80.8. The highest BCUT2D eigenvalue weighted by Crippen LogP contribution is 2.48. The number of rotatable bonds is 45. The topological polar surface area (TPSA) is 173 Å². The van der Waals surface area contributed by atoms with E-state index in [0.717, 1.165) is 64.2 Å². The summed E-state index contributed by atoms with van der Waals surface area (Å²) < 4.78 is 60.7. The first-order valence-corrected chi connectivity index (χ1v) is 43.2. The van der Waals surface area contributed by atoms with Crippen LogP contribution in [0, 0.1) is 90.7 Å². The molecule has 0 heterocycles. The number of halogens is 3. The summed E-state index contributed by atoms with van der Waals surface area (Å²) in [5, 5.41) is 55.6. The summed E-state index contributed by atoms with van der Waals surface area (Å²) in [6.07, 6.45) is 27.1. The summed E-state index contributed by atoms with van der Waals surface area (Å²) in [5.41, 5.74) is -0.629. The van der Waals surface area contributed by atoms with E-state index in [9.17, 15) is 46.8 Å². The standard InChI is InChI=1S/C13H26O.C12H26O2S.3C11H24O.C10H19F3O.C10H22O.C9H20O.CH4/c1-6-7-9-13(5,11(2)3)10-8-12(4)14;1-6-7-8-12(4,11(2)3)9-10-15(5,13)14;1-6-7-8-11(5,9(2)3)10(4)12;1-5-6-7-8-11(4,9-12)10(2)3;1-5-7-8-11(6-2,9-12)10(3)4;1-4-5-6-9(7-14,8(2)3)10(11,12)13;1-5-6-7-10(4,8-11)9(2)3;1-5-6-9(4,7-10)8(2)3;/h11H,6-10H2,1-5H3;11H,6-10H2,1-5H3;9-10,12H,6-8H2,1-5H3;2*10,12H,5-9H2,1-4H3;8,14H,4-7H2,1-3H3;9,11H,5-8H2,1-4H3;8,10H,5-7H2,1-4H3;1H4. The van der Waals surface area contributed by atoms with Gasteiger partial charge >= 0.3 is 6.18 Å². The van der Waals surface area contributed by atoms with Crippen LogP contribution in [0.25, 0.3) is 0 Å². The first-order chi connectivity index (χ1) is 45.7. The van der Waals surface area contributed by atoms with E-state index in [-0.39, 0.29) is 52.4 Å². The van der Waals surface area contributed by atoms with Gasteiger partial charge in [0.1, 0.15) is 15.6 Å². The Morgan fingerprint density at radius 1 is 0.356 bits per heavy atom. The van der Waals surface area contributed by atoms with Crippen LogP contribution < -0.4 is 0 Å². The van der Waals surface area contributed by atoms with Crippen molar-refractivity contribution in [3.63, 3.8) is 0 Å². The molecule has 0 rings (SSSR count).